The molecule has 2 heterocycles. The van der Waals surface area contributed by atoms with Gasteiger partial charge in [0.1, 0.15) is 0 Å². The second kappa shape index (κ2) is 5.79. The maximum absolute atomic E-state index is 5.81. The summed E-state index contributed by atoms with van der Waals surface area (Å²) in [6.07, 6.45) is 1.14. The maximum atomic E-state index is 5.81. The second-order valence-electron chi connectivity index (χ2n) is 5.97. The van der Waals surface area contributed by atoms with Gasteiger partial charge in [0, 0.05) is 26.3 Å². The molecule has 1 aromatic carbocycles. The fraction of sp³-hybridized carbons (Fsp3) is 0.438. The molecule has 0 aliphatic carbocycles. The van der Waals surface area contributed by atoms with E-state index >= 15 is 0 Å². The Kier molecular flexibility index (Phi) is 3.83. The summed E-state index contributed by atoms with van der Waals surface area (Å²) in [5.41, 5.74) is 8.47. The van der Waals surface area contributed by atoms with Gasteiger partial charge in [0.15, 0.2) is 5.82 Å². The smallest absolute Gasteiger partial charge is 0.229 e. The number of aromatic nitrogens is 3. The highest BCUT2D eigenvalue weighted by Gasteiger charge is 2.22. The van der Waals surface area contributed by atoms with Crippen molar-refractivity contribution in [2.45, 2.75) is 25.8 Å². The van der Waals surface area contributed by atoms with E-state index in [4.69, 9.17) is 5.73 Å². The van der Waals surface area contributed by atoms with E-state index in [1.165, 1.54) is 11.3 Å². The molecular formula is C16H22N6. The van der Waals surface area contributed by atoms with Gasteiger partial charge in [-0.1, -0.05) is 25.1 Å². The van der Waals surface area contributed by atoms with Crippen LogP contribution >= 0.6 is 0 Å². The van der Waals surface area contributed by atoms with Crippen molar-refractivity contribution in [2.75, 3.05) is 36.2 Å². The molecule has 0 saturated carbocycles. The Morgan fingerprint density at radius 3 is 2.77 bits per heavy atom. The third kappa shape index (κ3) is 2.81. The molecule has 0 saturated heterocycles. The van der Waals surface area contributed by atoms with Crippen molar-refractivity contribution in [3.63, 3.8) is 0 Å². The summed E-state index contributed by atoms with van der Waals surface area (Å²) in [5, 5.41) is 0. The van der Waals surface area contributed by atoms with Gasteiger partial charge in [0.25, 0.3) is 0 Å². The Bertz CT molecular complexity index is 669. The molecule has 2 N–H and O–H groups in total. The van der Waals surface area contributed by atoms with Crippen LogP contribution in [0, 0.1) is 0 Å². The Morgan fingerprint density at radius 1 is 1.23 bits per heavy atom. The van der Waals surface area contributed by atoms with E-state index in [0.29, 0.717) is 24.2 Å². The van der Waals surface area contributed by atoms with Crippen molar-refractivity contribution >= 4 is 17.6 Å². The van der Waals surface area contributed by atoms with Crippen LogP contribution < -0.4 is 15.5 Å². The standard InChI is InChI=1S/C16H22N6/c1-11-8-9-22(13-7-5-4-6-12(11)13)10-14-18-15(17)20-16(19-14)21(2)3/h4-7,11H,8-10H2,1-3H3,(H2,17,18,19,20)/t11-/m1/s1. The quantitative estimate of drug-likeness (QED) is 0.935. The van der Waals surface area contributed by atoms with E-state index < -0.39 is 0 Å². The zero-order chi connectivity index (χ0) is 15.7. The molecule has 6 nitrogen and oxygen atoms in total. The fourth-order valence-corrected chi connectivity index (χ4v) is 2.85. The van der Waals surface area contributed by atoms with Crippen molar-refractivity contribution in [3.8, 4) is 0 Å². The zero-order valence-corrected chi connectivity index (χ0v) is 13.3. The monoisotopic (exact) mass is 298 g/mol. The number of hydrogen-bond donors (Lipinski definition) is 1. The predicted molar refractivity (Wildman–Crippen MR) is 89.1 cm³/mol. The van der Waals surface area contributed by atoms with Gasteiger partial charge in [-0.15, -0.1) is 0 Å². The number of hydrogen-bond acceptors (Lipinski definition) is 6. The van der Waals surface area contributed by atoms with E-state index in [9.17, 15) is 0 Å². The molecule has 116 valence electrons. The van der Waals surface area contributed by atoms with Gasteiger partial charge in [-0.25, -0.2) is 0 Å². The second-order valence-corrected chi connectivity index (χ2v) is 5.97. The van der Waals surface area contributed by atoms with Crippen LogP contribution in [0.1, 0.15) is 30.7 Å². The van der Waals surface area contributed by atoms with Gasteiger partial charge < -0.3 is 15.5 Å². The molecule has 22 heavy (non-hydrogen) atoms. The van der Waals surface area contributed by atoms with Gasteiger partial charge in [-0.3, -0.25) is 0 Å². The van der Waals surface area contributed by atoms with Crippen molar-refractivity contribution in [1.82, 2.24) is 15.0 Å². The summed E-state index contributed by atoms with van der Waals surface area (Å²) in [4.78, 5) is 17.1. The number of nitrogens with zero attached hydrogens (tertiary/aromatic N) is 5. The molecule has 0 unspecified atom stereocenters. The van der Waals surface area contributed by atoms with Crippen LogP contribution in [0.15, 0.2) is 24.3 Å². The van der Waals surface area contributed by atoms with Crippen molar-refractivity contribution < 1.29 is 0 Å². The lowest BCUT2D eigenvalue weighted by Crippen LogP contribution is -2.31. The largest absolute Gasteiger partial charge is 0.368 e. The molecule has 0 amide bonds. The Labute approximate surface area is 131 Å². The summed E-state index contributed by atoms with van der Waals surface area (Å²) in [6.45, 7) is 3.93. The van der Waals surface area contributed by atoms with E-state index in [-0.39, 0.29) is 5.95 Å². The number of nitrogen functional groups attached to an aromatic ring is 1. The van der Waals surface area contributed by atoms with Crippen LogP contribution in [0.5, 0.6) is 0 Å². The third-order valence-electron chi connectivity index (χ3n) is 4.06. The first-order chi connectivity index (χ1) is 10.5. The molecule has 0 fully saturated rings. The van der Waals surface area contributed by atoms with Gasteiger partial charge in [-0.2, -0.15) is 15.0 Å². The highest BCUT2D eigenvalue weighted by Crippen LogP contribution is 2.35. The summed E-state index contributed by atoms with van der Waals surface area (Å²) >= 11 is 0. The zero-order valence-electron chi connectivity index (χ0n) is 13.3. The van der Waals surface area contributed by atoms with Crippen LogP contribution in [-0.2, 0) is 6.54 Å². The first-order valence-corrected chi connectivity index (χ1v) is 7.56. The van der Waals surface area contributed by atoms with Crippen LogP contribution in [0.3, 0.4) is 0 Å². The Balaban J connectivity index is 1.90. The molecule has 2 aromatic rings. The summed E-state index contributed by atoms with van der Waals surface area (Å²) in [7, 11) is 3.80. The number of para-hydroxylation sites is 1. The van der Waals surface area contributed by atoms with E-state index in [0.717, 1.165) is 13.0 Å². The highest BCUT2D eigenvalue weighted by atomic mass is 15.3. The van der Waals surface area contributed by atoms with Gasteiger partial charge in [0.05, 0.1) is 6.54 Å². The van der Waals surface area contributed by atoms with Gasteiger partial charge in [0.2, 0.25) is 11.9 Å². The van der Waals surface area contributed by atoms with Gasteiger partial charge in [-0.05, 0) is 24.0 Å². The van der Waals surface area contributed by atoms with E-state index in [2.05, 4.69) is 51.0 Å². The summed E-state index contributed by atoms with van der Waals surface area (Å²) in [5.74, 6) is 2.17. The van der Waals surface area contributed by atoms with Crippen molar-refractivity contribution in [2.24, 2.45) is 0 Å². The number of benzene rings is 1. The molecule has 1 atom stereocenters. The summed E-state index contributed by atoms with van der Waals surface area (Å²) < 4.78 is 0. The third-order valence-corrected chi connectivity index (χ3v) is 4.06. The minimum atomic E-state index is 0.271. The van der Waals surface area contributed by atoms with E-state index in [1.807, 2.05) is 19.0 Å². The van der Waals surface area contributed by atoms with Crippen molar-refractivity contribution in [1.29, 1.82) is 0 Å². The lowest BCUT2D eigenvalue weighted by Gasteiger charge is -2.34. The average molecular weight is 298 g/mol. The molecule has 3 rings (SSSR count). The minimum absolute atomic E-state index is 0.271. The van der Waals surface area contributed by atoms with Crippen LogP contribution in [-0.4, -0.2) is 35.6 Å². The lowest BCUT2D eigenvalue weighted by molar-refractivity contribution is 0.601. The fourth-order valence-electron chi connectivity index (χ4n) is 2.85. The molecular weight excluding hydrogens is 276 g/mol. The van der Waals surface area contributed by atoms with Crippen LogP contribution in [0.4, 0.5) is 17.6 Å². The lowest BCUT2D eigenvalue weighted by atomic mass is 9.91. The molecule has 1 aliphatic heterocycles. The number of rotatable bonds is 3. The molecule has 1 aromatic heterocycles. The highest BCUT2D eigenvalue weighted by molar-refractivity contribution is 5.57. The van der Waals surface area contributed by atoms with Crippen LogP contribution in [0.2, 0.25) is 0 Å². The minimum Gasteiger partial charge on any atom is -0.368 e. The Hall–Kier alpha value is -2.37. The predicted octanol–water partition coefficient (Wildman–Crippen LogP) is 2.03. The van der Waals surface area contributed by atoms with Crippen molar-refractivity contribution in [3.05, 3.63) is 35.7 Å². The van der Waals surface area contributed by atoms with Gasteiger partial charge >= 0.3 is 0 Å². The average Bonchev–Trinajstić information content (AvgIpc) is 2.50. The maximum Gasteiger partial charge on any atom is 0.229 e. The number of nitrogens with two attached hydrogens (primary N) is 1. The topological polar surface area (TPSA) is 71.2 Å². The first-order valence-electron chi connectivity index (χ1n) is 7.56. The number of anilines is 3. The molecule has 0 bridgehead atoms. The normalized spacial score (nSPS) is 17.2. The summed E-state index contributed by atoms with van der Waals surface area (Å²) in [6, 6.07) is 8.56. The Morgan fingerprint density at radius 2 is 2.00 bits per heavy atom. The van der Waals surface area contributed by atoms with Crippen LogP contribution in [0.25, 0.3) is 0 Å². The SMILES string of the molecule is C[C@@H]1CCN(Cc2nc(N)nc(N(C)C)n2)c2ccccc21. The number of fused-ring (bicyclic) bond motifs is 1. The molecule has 1 aliphatic rings. The molecule has 0 radical (unpaired) electrons. The van der Waals surface area contributed by atoms with E-state index in [1.54, 1.807) is 0 Å². The molecule has 6 heteroatoms. The first kappa shape index (κ1) is 14.6. The molecule has 0 spiro atoms.